The average Bonchev–Trinajstić information content (AvgIpc) is 2.59. The standard InChI is InChI=1S/C11H12N/c1-9-5-3-6-10(9)11-7-4-8-12(11)2/h4,6-8H,3H2,1-2H3. The molecule has 61 valence electrons. The lowest BCUT2D eigenvalue weighted by Crippen LogP contribution is -1.93. The molecule has 0 saturated carbocycles. The van der Waals surface area contributed by atoms with Gasteiger partial charge in [0.05, 0.1) is 0 Å². The third-order valence-corrected chi connectivity index (χ3v) is 2.30. The second-order valence-electron chi connectivity index (χ2n) is 3.13. The van der Waals surface area contributed by atoms with Gasteiger partial charge in [-0.25, -0.2) is 0 Å². The Morgan fingerprint density at radius 1 is 1.50 bits per heavy atom. The molecule has 0 unspecified atom stereocenters. The molecule has 0 atom stereocenters. The van der Waals surface area contributed by atoms with E-state index >= 15 is 0 Å². The van der Waals surface area contributed by atoms with E-state index in [2.05, 4.69) is 49.0 Å². The number of hydrogen-bond donors (Lipinski definition) is 0. The van der Waals surface area contributed by atoms with Gasteiger partial charge in [-0.1, -0.05) is 6.08 Å². The maximum absolute atomic E-state index is 3.30. The molecule has 2 rings (SSSR count). The first-order valence-electron chi connectivity index (χ1n) is 4.18. The quantitative estimate of drug-likeness (QED) is 0.592. The van der Waals surface area contributed by atoms with Crippen LogP contribution >= 0.6 is 0 Å². The monoisotopic (exact) mass is 158 g/mol. The van der Waals surface area contributed by atoms with Gasteiger partial charge in [-0.15, -0.1) is 0 Å². The maximum atomic E-state index is 3.30. The Bertz CT molecular complexity index is 353. The molecule has 1 aliphatic rings. The van der Waals surface area contributed by atoms with E-state index in [9.17, 15) is 0 Å². The van der Waals surface area contributed by atoms with E-state index in [0.29, 0.717) is 0 Å². The largest absolute Gasteiger partial charge is 0.351 e. The van der Waals surface area contributed by atoms with E-state index in [1.807, 2.05) is 0 Å². The van der Waals surface area contributed by atoms with E-state index in [0.717, 1.165) is 6.42 Å². The molecular formula is C11H12N. The predicted molar refractivity (Wildman–Crippen MR) is 50.4 cm³/mol. The van der Waals surface area contributed by atoms with Crippen molar-refractivity contribution in [2.45, 2.75) is 13.3 Å². The highest BCUT2D eigenvalue weighted by molar-refractivity contribution is 5.78. The minimum absolute atomic E-state index is 0.965. The molecule has 0 bridgehead atoms. The molecule has 1 nitrogen and oxygen atoms in total. The predicted octanol–water partition coefficient (Wildman–Crippen LogP) is 2.56. The highest BCUT2D eigenvalue weighted by Gasteiger charge is 2.09. The number of aryl methyl sites for hydroxylation is 1. The Morgan fingerprint density at radius 3 is 2.83 bits per heavy atom. The molecule has 0 fully saturated rings. The molecule has 1 aromatic rings. The Balaban J connectivity index is 2.44. The number of hydrogen-bond acceptors (Lipinski definition) is 0. The van der Waals surface area contributed by atoms with Gasteiger partial charge < -0.3 is 4.57 Å². The molecule has 1 aliphatic carbocycles. The van der Waals surface area contributed by atoms with Crippen LogP contribution in [0.4, 0.5) is 0 Å². The van der Waals surface area contributed by atoms with Gasteiger partial charge in [0.25, 0.3) is 0 Å². The molecular weight excluding hydrogens is 146 g/mol. The normalized spacial score (nSPS) is 16.2. The molecule has 12 heavy (non-hydrogen) atoms. The summed E-state index contributed by atoms with van der Waals surface area (Å²) in [7, 11) is 2.07. The second kappa shape index (κ2) is 2.67. The fraction of sp³-hybridized carbons (Fsp3) is 0.273. The molecule has 0 aliphatic heterocycles. The summed E-state index contributed by atoms with van der Waals surface area (Å²) < 4.78 is 2.14. The lowest BCUT2D eigenvalue weighted by molar-refractivity contribution is 0.909. The van der Waals surface area contributed by atoms with Crippen LogP contribution in [0.25, 0.3) is 5.57 Å². The van der Waals surface area contributed by atoms with E-state index in [-0.39, 0.29) is 0 Å². The summed E-state index contributed by atoms with van der Waals surface area (Å²) in [6.45, 7) is 2.12. The van der Waals surface area contributed by atoms with Gasteiger partial charge in [0, 0.05) is 18.9 Å². The van der Waals surface area contributed by atoms with Crippen molar-refractivity contribution in [2.75, 3.05) is 0 Å². The van der Waals surface area contributed by atoms with E-state index in [1.165, 1.54) is 16.8 Å². The number of allylic oxidation sites excluding steroid dienone is 4. The van der Waals surface area contributed by atoms with Crippen LogP contribution in [0, 0.1) is 6.08 Å². The molecule has 0 amide bonds. The molecule has 0 N–H and O–H groups in total. The number of rotatable bonds is 1. The molecule has 1 heteroatoms. The third kappa shape index (κ3) is 1.02. The Hall–Kier alpha value is -1.24. The smallest absolute Gasteiger partial charge is 0.0477 e. The van der Waals surface area contributed by atoms with Crippen molar-refractivity contribution in [2.24, 2.45) is 7.05 Å². The van der Waals surface area contributed by atoms with Crippen LogP contribution in [-0.4, -0.2) is 4.57 Å². The van der Waals surface area contributed by atoms with E-state index < -0.39 is 0 Å². The fourth-order valence-electron chi connectivity index (χ4n) is 1.59. The van der Waals surface area contributed by atoms with Crippen molar-refractivity contribution in [3.8, 4) is 0 Å². The molecule has 0 spiro atoms. The lowest BCUT2D eigenvalue weighted by Gasteiger charge is -2.05. The third-order valence-electron chi connectivity index (χ3n) is 2.30. The van der Waals surface area contributed by atoms with Gasteiger partial charge in [-0.2, -0.15) is 0 Å². The van der Waals surface area contributed by atoms with Crippen molar-refractivity contribution in [3.63, 3.8) is 0 Å². The number of aromatic nitrogens is 1. The van der Waals surface area contributed by atoms with E-state index in [1.54, 1.807) is 0 Å². The highest BCUT2D eigenvalue weighted by Crippen LogP contribution is 2.27. The SMILES string of the molecule is CC1=[C]CC=C1c1cccn1C. The average molecular weight is 158 g/mol. The van der Waals surface area contributed by atoms with Crippen LogP contribution < -0.4 is 0 Å². The minimum atomic E-state index is 0.965. The van der Waals surface area contributed by atoms with Crippen molar-refractivity contribution in [1.29, 1.82) is 0 Å². The van der Waals surface area contributed by atoms with Gasteiger partial charge in [0.1, 0.15) is 0 Å². The van der Waals surface area contributed by atoms with Crippen LogP contribution in [0.1, 0.15) is 19.0 Å². The lowest BCUT2D eigenvalue weighted by atomic mass is 10.1. The Morgan fingerprint density at radius 2 is 2.33 bits per heavy atom. The first kappa shape index (κ1) is 7.41. The van der Waals surface area contributed by atoms with Crippen LogP contribution in [0.15, 0.2) is 30.0 Å². The van der Waals surface area contributed by atoms with Gasteiger partial charge >= 0.3 is 0 Å². The molecule has 0 aromatic carbocycles. The van der Waals surface area contributed by atoms with Crippen molar-refractivity contribution in [3.05, 3.63) is 41.7 Å². The topological polar surface area (TPSA) is 4.93 Å². The summed E-state index contributed by atoms with van der Waals surface area (Å²) in [4.78, 5) is 0. The Kier molecular flexibility index (Phi) is 1.65. The molecule has 1 radical (unpaired) electrons. The highest BCUT2D eigenvalue weighted by atomic mass is 14.9. The first-order chi connectivity index (χ1) is 5.79. The maximum Gasteiger partial charge on any atom is 0.0477 e. The van der Waals surface area contributed by atoms with Crippen molar-refractivity contribution >= 4 is 5.57 Å². The Labute approximate surface area is 73.0 Å². The van der Waals surface area contributed by atoms with Crippen LogP contribution in [0.3, 0.4) is 0 Å². The van der Waals surface area contributed by atoms with Gasteiger partial charge in [-0.3, -0.25) is 0 Å². The summed E-state index contributed by atoms with van der Waals surface area (Å²) in [5.41, 5.74) is 3.90. The van der Waals surface area contributed by atoms with Crippen molar-refractivity contribution in [1.82, 2.24) is 4.57 Å². The summed E-state index contributed by atoms with van der Waals surface area (Å²) in [5, 5.41) is 0. The van der Waals surface area contributed by atoms with E-state index in [4.69, 9.17) is 0 Å². The number of nitrogens with zero attached hydrogens (tertiary/aromatic N) is 1. The van der Waals surface area contributed by atoms with Gasteiger partial charge in [0.15, 0.2) is 0 Å². The van der Waals surface area contributed by atoms with Gasteiger partial charge in [-0.05, 0) is 42.7 Å². The van der Waals surface area contributed by atoms with Crippen LogP contribution in [-0.2, 0) is 7.05 Å². The zero-order chi connectivity index (χ0) is 8.55. The zero-order valence-corrected chi connectivity index (χ0v) is 7.46. The van der Waals surface area contributed by atoms with Gasteiger partial charge in [0.2, 0.25) is 0 Å². The molecule has 0 saturated heterocycles. The molecule has 1 aromatic heterocycles. The molecule has 1 heterocycles. The summed E-state index contributed by atoms with van der Waals surface area (Å²) in [5.74, 6) is 0. The fourth-order valence-corrected chi connectivity index (χ4v) is 1.59. The van der Waals surface area contributed by atoms with Crippen LogP contribution in [0.2, 0.25) is 0 Å². The second-order valence-corrected chi connectivity index (χ2v) is 3.13. The zero-order valence-electron chi connectivity index (χ0n) is 7.46. The van der Waals surface area contributed by atoms with Crippen LogP contribution in [0.5, 0.6) is 0 Å². The summed E-state index contributed by atoms with van der Waals surface area (Å²) in [6, 6.07) is 4.21. The minimum Gasteiger partial charge on any atom is -0.351 e. The summed E-state index contributed by atoms with van der Waals surface area (Å²) in [6.07, 6.45) is 8.56. The summed E-state index contributed by atoms with van der Waals surface area (Å²) >= 11 is 0. The first-order valence-corrected chi connectivity index (χ1v) is 4.18. The van der Waals surface area contributed by atoms with Crippen molar-refractivity contribution < 1.29 is 0 Å².